The molecule has 29 heavy (non-hydrogen) atoms. The molecule has 1 fully saturated rings. The lowest BCUT2D eigenvalue weighted by Crippen LogP contribution is -2.87. The molecule has 1 amide bonds. The first kappa shape index (κ1) is 21.4. The van der Waals surface area contributed by atoms with Crippen LogP contribution in [0.3, 0.4) is 0 Å². The molecule has 2 heterocycles. The lowest BCUT2D eigenvalue weighted by molar-refractivity contribution is -0.685. The van der Waals surface area contributed by atoms with Crippen LogP contribution < -0.4 is 10.1 Å². The standard InChI is InChI=1S/C20H27N3O5S/c1-3-27-17-6-8-18(9-7-17)29(25,26)23-12-10-22(11-13-23)20(24)15-21-16(2)19-5-4-14-28-19/h4-9,14,16,21H,3,10-13,15H2,1-2H3/p+1/t16-/m0/s1. The van der Waals surface area contributed by atoms with Gasteiger partial charge in [-0.25, -0.2) is 8.42 Å². The van der Waals surface area contributed by atoms with E-state index >= 15 is 0 Å². The van der Waals surface area contributed by atoms with Crippen molar-refractivity contribution >= 4 is 15.9 Å². The zero-order valence-corrected chi connectivity index (χ0v) is 17.6. The van der Waals surface area contributed by atoms with E-state index in [1.165, 1.54) is 4.31 Å². The first-order valence-electron chi connectivity index (χ1n) is 9.79. The van der Waals surface area contributed by atoms with Crippen molar-refractivity contribution in [1.82, 2.24) is 9.21 Å². The summed E-state index contributed by atoms with van der Waals surface area (Å²) >= 11 is 0. The van der Waals surface area contributed by atoms with Gasteiger partial charge in [0.15, 0.2) is 12.3 Å². The predicted octanol–water partition coefficient (Wildman–Crippen LogP) is 0.836. The molecule has 1 aromatic heterocycles. The summed E-state index contributed by atoms with van der Waals surface area (Å²) < 4.78 is 37.8. The summed E-state index contributed by atoms with van der Waals surface area (Å²) in [6, 6.07) is 10.2. The van der Waals surface area contributed by atoms with E-state index in [0.717, 1.165) is 5.76 Å². The molecule has 8 nitrogen and oxygen atoms in total. The van der Waals surface area contributed by atoms with Crippen molar-refractivity contribution in [2.75, 3.05) is 39.3 Å². The number of quaternary nitrogens is 1. The monoisotopic (exact) mass is 422 g/mol. The maximum absolute atomic E-state index is 12.8. The minimum atomic E-state index is -3.58. The van der Waals surface area contributed by atoms with Crippen molar-refractivity contribution < 1.29 is 27.7 Å². The Bertz CT molecular complexity index is 889. The van der Waals surface area contributed by atoms with Crippen LogP contribution in [0.5, 0.6) is 5.75 Å². The van der Waals surface area contributed by atoms with Gasteiger partial charge in [-0.05, 0) is 50.2 Å². The molecule has 158 valence electrons. The molecule has 0 spiro atoms. The van der Waals surface area contributed by atoms with Crippen LogP contribution in [0.4, 0.5) is 0 Å². The average molecular weight is 423 g/mol. The summed E-state index contributed by atoms with van der Waals surface area (Å²) in [6.45, 7) is 6.03. The van der Waals surface area contributed by atoms with Crippen LogP contribution >= 0.6 is 0 Å². The number of amides is 1. The SMILES string of the molecule is CCOc1ccc(S(=O)(=O)N2CCN(C(=O)C[NH2+][C@@H](C)c3ccco3)CC2)cc1. The van der Waals surface area contributed by atoms with Crippen LogP contribution in [0.25, 0.3) is 0 Å². The number of rotatable bonds is 8. The fourth-order valence-electron chi connectivity index (χ4n) is 3.27. The van der Waals surface area contributed by atoms with Gasteiger partial charge in [-0.1, -0.05) is 0 Å². The number of benzene rings is 1. The summed E-state index contributed by atoms with van der Waals surface area (Å²) in [4.78, 5) is 14.4. The quantitative estimate of drug-likeness (QED) is 0.680. The number of hydrogen-bond acceptors (Lipinski definition) is 5. The van der Waals surface area contributed by atoms with E-state index in [4.69, 9.17) is 9.15 Å². The summed E-state index contributed by atoms with van der Waals surface area (Å²) in [6.07, 6.45) is 1.62. The number of nitrogens with zero attached hydrogens (tertiary/aromatic N) is 2. The summed E-state index contributed by atoms with van der Waals surface area (Å²) in [5.41, 5.74) is 0. The molecular weight excluding hydrogens is 394 g/mol. The molecule has 1 saturated heterocycles. The van der Waals surface area contributed by atoms with Crippen molar-refractivity contribution in [2.24, 2.45) is 0 Å². The summed E-state index contributed by atoms with van der Waals surface area (Å²) in [5, 5.41) is 1.92. The number of sulfonamides is 1. The highest BCUT2D eigenvalue weighted by Gasteiger charge is 2.30. The second-order valence-corrected chi connectivity index (χ2v) is 8.87. The van der Waals surface area contributed by atoms with Crippen LogP contribution in [-0.4, -0.2) is 62.9 Å². The lowest BCUT2D eigenvalue weighted by Gasteiger charge is -2.33. The number of hydrogen-bond donors (Lipinski definition) is 1. The fraction of sp³-hybridized carbons (Fsp3) is 0.450. The molecule has 0 radical (unpaired) electrons. The van der Waals surface area contributed by atoms with Crippen molar-refractivity contribution in [2.45, 2.75) is 24.8 Å². The largest absolute Gasteiger partial charge is 0.494 e. The van der Waals surface area contributed by atoms with Gasteiger partial charge in [0.25, 0.3) is 5.91 Å². The Kier molecular flexibility index (Phi) is 6.94. The third-order valence-corrected chi connectivity index (χ3v) is 6.91. The molecule has 1 aliphatic rings. The molecule has 2 N–H and O–H groups in total. The second kappa shape index (κ2) is 9.43. The maximum atomic E-state index is 12.8. The highest BCUT2D eigenvalue weighted by molar-refractivity contribution is 7.89. The first-order chi connectivity index (χ1) is 13.9. The number of nitrogens with two attached hydrogens (primary N) is 1. The van der Waals surface area contributed by atoms with Gasteiger partial charge in [0.2, 0.25) is 10.0 Å². The average Bonchev–Trinajstić information content (AvgIpc) is 3.27. The third kappa shape index (κ3) is 5.17. The molecular formula is C20H28N3O5S+. The van der Waals surface area contributed by atoms with Gasteiger partial charge in [0.05, 0.1) is 17.8 Å². The zero-order chi connectivity index (χ0) is 20.9. The van der Waals surface area contributed by atoms with E-state index in [2.05, 4.69) is 0 Å². The summed E-state index contributed by atoms with van der Waals surface area (Å²) in [5.74, 6) is 1.47. The lowest BCUT2D eigenvalue weighted by atomic mass is 10.2. The minimum Gasteiger partial charge on any atom is -0.494 e. The third-order valence-electron chi connectivity index (χ3n) is 5.00. The van der Waals surface area contributed by atoms with Gasteiger partial charge in [-0.15, -0.1) is 0 Å². The molecule has 3 rings (SSSR count). The van der Waals surface area contributed by atoms with Crippen LogP contribution in [0.15, 0.2) is 52.0 Å². The van der Waals surface area contributed by atoms with Gasteiger partial charge in [-0.3, -0.25) is 4.79 Å². The van der Waals surface area contributed by atoms with Crippen molar-refractivity contribution in [1.29, 1.82) is 0 Å². The Morgan fingerprint density at radius 3 is 2.45 bits per heavy atom. The van der Waals surface area contributed by atoms with Crippen molar-refractivity contribution in [3.63, 3.8) is 0 Å². The summed E-state index contributed by atoms with van der Waals surface area (Å²) in [7, 11) is -3.58. The number of ether oxygens (including phenoxy) is 1. The molecule has 0 saturated carbocycles. The fourth-order valence-corrected chi connectivity index (χ4v) is 4.70. The second-order valence-electron chi connectivity index (χ2n) is 6.93. The number of carbonyl (C=O) groups is 1. The smallest absolute Gasteiger partial charge is 0.277 e. The van der Waals surface area contributed by atoms with Gasteiger partial charge in [0, 0.05) is 26.2 Å². The number of furan rings is 1. The first-order valence-corrected chi connectivity index (χ1v) is 11.2. The van der Waals surface area contributed by atoms with Crippen LogP contribution in [0.1, 0.15) is 25.6 Å². The molecule has 1 atom stereocenters. The highest BCUT2D eigenvalue weighted by Crippen LogP contribution is 2.21. The topological polar surface area (TPSA) is 96.7 Å². The van der Waals surface area contributed by atoms with E-state index in [1.807, 2.05) is 31.3 Å². The van der Waals surface area contributed by atoms with E-state index in [1.54, 1.807) is 35.4 Å². The van der Waals surface area contributed by atoms with Crippen LogP contribution in [-0.2, 0) is 14.8 Å². The van der Waals surface area contributed by atoms with Crippen LogP contribution in [0, 0.1) is 0 Å². The Hall–Kier alpha value is -2.36. The number of carbonyl (C=O) groups excluding carboxylic acids is 1. The Morgan fingerprint density at radius 2 is 1.86 bits per heavy atom. The predicted molar refractivity (Wildman–Crippen MR) is 107 cm³/mol. The Balaban J connectivity index is 1.51. The van der Waals surface area contributed by atoms with Gasteiger partial charge in [-0.2, -0.15) is 4.31 Å². The molecule has 9 heteroatoms. The zero-order valence-electron chi connectivity index (χ0n) is 16.8. The molecule has 2 aromatic rings. The molecule has 0 bridgehead atoms. The Labute approximate surface area is 171 Å². The van der Waals surface area contributed by atoms with Crippen molar-refractivity contribution in [3.05, 3.63) is 48.4 Å². The molecule has 0 aliphatic carbocycles. The normalized spacial score (nSPS) is 16.6. The van der Waals surface area contributed by atoms with Crippen molar-refractivity contribution in [3.8, 4) is 5.75 Å². The minimum absolute atomic E-state index is 0.00141. The van der Waals surface area contributed by atoms with E-state index in [-0.39, 0.29) is 29.9 Å². The molecule has 0 unspecified atom stereocenters. The molecule has 1 aliphatic heterocycles. The number of piperazine rings is 1. The van der Waals surface area contributed by atoms with E-state index < -0.39 is 10.0 Å². The van der Waals surface area contributed by atoms with Crippen LogP contribution in [0.2, 0.25) is 0 Å². The Morgan fingerprint density at radius 1 is 1.17 bits per heavy atom. The van der Waals surface area contributed by atoms with Gasteiger partial charge in [0.1, 0.15) is 11.8 Å². The van der Waals surface area contributed by atoms with Gasteiger partial charge >= 0.3 is 0 Å². The van der Waals surface area contributed by atoms with E-state index in [0.29, 0.717) is 32.0 Å². The molecule has 1 aromatic carbocycles. The maximum Gasteiger partial charge on any atom is 0.277 e. The highest BCUT2D eigenvalue weighted by atomic mass is 32.2. The van der Waals surface area contributed by atoms with Gasteiger partial charge < -0.3 is 19.4 Å². The van der Waals surface area contributed by atoms with E-state index in [9.17, 15) is 13.2 Å².